The van der Waals surface area contributed by atoms with E-state index in [1.807, 2.05) is 13.8 Å². The van der Waals surface area contributed by atoms with Crippen molar-refractivity contribution in [2.24, 2.45) is 5.92 Å². The molecule has 1 aromatic rings. The van der Waals surface area contributed by atoms with Gasteiger partial charge in [0.1, 0.15) is 11.9 Å². The van der Waals surface area contributed by atoms with Gasteiger partial charge in [0.2, 0.25) is 11.8 Å². The van der Waals surface area contributed by atoms with Crippen molar-refractivity contribution in [3.8, 4) is 0 Å². The molecule has 0 saturated carbocycles. The lowest BCUT2D eigenvalue weighted by atomic mass is 9.98. The molecule has 0 radical (unpaired) electrons. The van der Waals surface area contributed by atoms with Crippen LogP contribution >= 0.6 is 15.9 Å². The molecule has 1 unspecified atom stereocenters. The number of nitrogens with zero attached hydrogens (tertiary/aromatic N) is 1. The Morgan fingerprint density at radius 1 is 1.42 bits per heavy atom. The van der Waals surface area contributed by atoms with Gasteiger partial charge in [0.05, 0.1) is 12.2 Å². The topological polar surface area (TPSA) is 49.4 Å². The minimum Gasteiger partial charge on any atom is -0.345 e. The second-order valence-electron chi connectivity index (χ2n) is 4.74. The summed E-state index contributed by atoms with van der Waals surface area (Å²) in [5.41, 5.74) is 0.126. The molecule has 102 valence electrons. The van der Waals surface area contributed by atoms with Gasteiger partial charge in [-0.3, -0.25) is 14.5 Å². The molecule has 1 atom stereocenters. The Balaban J connectivity index is 2.55. The highest BCUT2D eigenvalue weighted by atomic mass is 79.9. The number of amides is 2. The number of carbonyl (C=O) groups excluding carboxylic acids is 2. The quantitative estimate of drug-likeness (QED) is 0.903. The highest BCUT2D eigenvalue weighted by Gasteiger charge is 2.39. The van der Waals surface area contributed by atoms with Crippen molar-refractivity contribution in [1.29, 1.82) is 0 Å². The van der Waals surface area contributed by atoms with Crippen LogP contribution < -0.4 is 10.2 Å². The largest absolute Gasteiger partial charge is 0.345 e. The van der Waals surface area contributed by atoms with Gasteiger partial charge in [0.25, 0.3) is 0 Å². The second-order valence-corrected chi connectivity index (χ2v) is 5.60. The molecule has 4 nitrogen and oxygen atoms in total. The SMILES string of the molecule is CC(C)C1C(=O)NCC(=O)N1c1c(F)cccc1Br. The Morgan fingerprint density at radius 2 is 2.11 bits per heavy atom. The van der Waals surface area contributed by atoms with Crippen LogP contribution in [0.1, 0.15) is 13.8 Å². The Morgan fingerprint density at radius 3 is 2.68 bits per heavy atom. The lowest BCUT2D eigenvalue weighted by molar-refractivity contribution is -0.131. The van der Waals surface area contributed by atoms with Crippen LogP contribution in [0, 0.1) is 11.7 Å². The first kappa shape index (κ1) is 14.0. The zero-order valence-corrected chi connectivity index (χ0v) is 12.2. The fourth-order valence-electron chi connectivity index (χ4n) is 2.21. The number of anilines is 1. The zero-order valence-electron chi connectivity index (χ0n) is 10.6. The molecule has 0 spiro atoms. The summed E-state index contributed by atoms with van der Waals surface area (Å²) >= 11 is 3.24. The number of hydrogen-bond acceptors (Lipinski definition) is 2. The van der Waals surface area contributed by atoms with Crippen molar-refractivity contribution < 1.29 is 14.0 Å². The van der Waals surface area contributed by atoms with Gasteiger partial charge in [-0.15, -0.1) is 0 Å². The highest BCUT2D eigenvalue weighted by Crippen LogP contribution is 2.33. The molecule has 1 heterocycles. The number of hydrogen-bond donors (Lipinski definition) is 1. The number of piperazine rings is 1. The summed E-state index contributed by atoms with van der Waals surface area (Å²) in [6, 6.07) is 3.77. The molecule has 1 N–H and O–H groups in total. The monoisotopic (exact) mass is 328 g/mol. The predicted octanol–water partition coefficient (Wildman–Crippen LogP) is 2.08. The third-order valence-electron chi connectivity index (χ3n) is 3.04. The van der Waals surface area contributed by atoms with Gasteiger partial charge in [-0.05, 0) is 34.0 Å². The summed E-state index contributed by atoms with van der Waals surface area (Å²) in [5, 5.41) is 2.53. The number of benzene rings is 1. The summed E-state index contributed by atoms with van der Waals surface area (Å²) in [4.78, 5) is 25.3. The first-order valence-electron chi connectivity index (χ1n) is 5.97. The molecule has 1 aromatic carbocycles. The molecule has 1 fully saturated rings. The third-order valence-corrected chi connectivity index (χ3v) is 3.68. The van der Waals surface area contributed by atoms with E-state index in [4.69, 9.17) is 0 Å². The molecule has 0 aliphatic carbocycles. The molecule has 0 bridgehead atoms. The van der Waals surface area contributed by atoms with Crippen LogP contribution in [0.25, 0.3) is 0 Å². The number of carbonyl (C=O) groups is 2. The van der Waals surface area contributed by atoms with Gasteiger partial charge in [0, 0.05) is 4.47 Å². The molecule has 1 aliphatic rings. The van der Waals surface area contributed by atoms with Gasteiger partial charge in [-0.2, -0.15) is 0 Å². The molecule has 2 amide bonds. The van der Waals surface area contributed by atoms with Crippen LogP contribution in [-0.4, -0.2) is 24.4 Å². The fraction of sp³-hybridized carbons (Fsp3) is 0.385. The van der Waals surface area contributed by atoms with E-state index in [1.54, 1.807) is 12.1 Å². The second kappa shape index (κ2) is 5.28. The molecule has 2 rings (SSSR count). The first-order chi connectivity index (χ1) is 8.93. The number of rotatable bonds is 2. The van der Waals surface area contributed by atoms with Crippen LogP contribution in [0.4, 0.5) is 10.1 Å². The van der Waals surface area contributed by atoms with Gasteiger partial charge in [-0.25, -0.2) is 4.39 Å². The average Bonchev–Trinajstić information content (AvgIpc) is 2.32. The van der Waals surface area contributed by atoms with Gasteiger partial charge >= 0.3 is 0 Å². The molecular weight excluding hydrogens is 315 g/mol. The van der Waals surface area contributed by atoms with Gasteiger partial charge in [0.15, 0.2) is 0 Å². The maximum absolute atomic E-state index is 14.0. The lowest BCUT2D eigenvalue weighted by Crippen LogP contribution is -2.61. The van der Waals surface area contributed by atoms with Crippen molar-refractivity contribution in [2.45, 2.75) is 19.9 Å². The molecule has 1 aliphatic heterocycles. The average molecular weight is 329 g/mol. The minimum absolute atomic E-state index is 0.108. The van der Waals surface area contributed by atoms with E-state index < -0.39 is 11.9 Å². The lowest BCUT2D eigenvalue weighted by Gasteiger charge is -2.37. The Bertz CT molecular complexity index is 513. The van der Waals surface area contributed by atoms with Crippen LogP contribution in [0.2, 0.25) is 0 Å². The van der Waals surface area contributed by atoms with Crippen molar-refractivity contribution in [3.05, 3.63) is 28.5 Å². The first-order valence-corrected chi connectivity index (χ1v) is 6.76. The summed E-state index contributed by atoms with van der Waals surface area (Å²) in [6.45, 7) is 3.54. The zero-order chi connectivity index (χ0) is 14.2. The van der Waals surface area contributed by atoms with Crippen LogP contribution in [0.3, 0.4) is 0 Å². The standard InChI is InChI=1S/C13H14BrFN2O2/c1-7(2)11-13(19)16-6-10(18)17(11)12-8(14)4-3-5-9(12)15/h3-5,7,11H,6H2,1-2H3,(H,16,19). The van der Waals surface area contributed by atoms with E-state index in [2.05, 4.69) is 21.2 Å². The number of nitrogens with one attached hydrogen (secondary N) is 1. The molecule has 19 heavy (non-hydrogen) atoms. The van der Waals surface area contributed by atoms with E-state index >= 15 is 0 Å². The van der Waals surface area contributed by atoms with Crippen LogP contribution in [-0.2, 0) is 9.59 Å². The van der Waals surface area contributed by atoms with Crippen LogP contribution in [0.5, 0.6) is 0 Å². The maximum Gasteiger partial charge on any atom is 0.247 e. The predicted molar refractivity (Wildman–Crippen MR) is 73.2 cm³/mol. The summed E-state index contributed by atoms with van der Waals surface area (Å²) in [6.07, 6.45) is 0. The van der Waals surface area contributed by atoms with E-state index in [9.17, 15) is 14.0 Å². The van der Waals surface area contributed by atoms with Gasteiger partial charge in [-0.1, -0.05) is 19.9 Å². The van der Waals surface area contributed by atoms with Crippen LogP contribution in [0.15, 0.2) is 22.7 Å². The normalized spacial score (nSPS) is 19.8. The van der Waals surface area contributed by atoms with E-state index in [0.29, 0.717) is 4.47 Å². The van der Waals surface area contributed by atoms with Crippen molar-refractivity contribution >= 4 is 33.4 Å². The van der Waals surface area contributed by atoms with Crippen molar-refractivity contribution in [3.63, 3.8) is 0 Å². The minimum atomic E-state index is -0.700. The van der Waals surface area contributed by atoms with Gasteiger partial charge < -0.3 is 5.32 Å². The van der Waals surface area contributed by atoms with E-state index in [1.165, 1.54) is 11.0 Å². The third kappa shape index (κ3) is 2.49. The molecule has 1 saturated heterocycles. The van der Waals surface area contributed by atoms with Crippen molar-refractivity contribution in [2.75, 3.05) is 11.4 Å². The highest BCUT2D eigenvalue weighted by molar-refractivity contribution is 9.10. The Hall–Kier alpha value is -1.43. The summed E-state index contributed by atoms with van der Waals surface area (Å²) in [7, 11) is 0. The molecule has 0 aromatic heterocycles. The Kier molecular flexibility index (Phi) is 3.89. The summed E-state index contributed by atoms with van der Waals surface area (Å²) < 4.78 is 14.5. The van der Waals surface area contributed by atoms with E-state index in [0.717, 1.165) is 0 Å². The molecular formula is C13H14BrFN2O2. The Labute approximate surface area is 119 Å². The number of para-hydroxylation sites is 1. The number of halogens is 2. The fourth-order valence-corrected chi connectivity index (χ4v) is 2.74. The van der Waals surface area contributed by atoms with Crippen molar-refractivity contribution in [1.82, 2.24) is 5.32 Å². The smallest absolute Gasteiger partial charge is 0.247 e. The van der Waals surface area contributed by atoms with E-state index in [-0.39, 0.29) is 30.0 Å². The molecule has 6 heteroatoms. The summed E-state index contributed by atoms with van der Waals surface area (Å²) in [5.74, 6) is -1.22. The maximum atomic E-state index is 14.0.